The molecule has 0 aromatic rings. The van der Waals surface area contributed by atoms with E-state index in [2.05, 4.69) is 11.7 Å². The Morgan fingerprint density at radius 1 is 1.80 bits per heavy atom. The molecular weight excluding hydrogens is 128 g/mol. The predicted molar refractivity (Wildman–Crippen MR) is 38.5 cm³/mol. The molecule has 0 unspecified atom stereocenters. The summed E-state index contributed by atoms with van der Waals surface area (Å²) >= 11 is 0. The number of methoxy groups -OCH3 is 1. The monoisotopic (exact) mass is 140 g/mol. The topological polar surface area (TPSA) is 26.3 Å². The number of hydrogen-bond acceptors (Lipinski definition) is 2. The van der Waals surface area contributed by atoms with Crippen molar-refractivity contribution in [3.63, 3.8) is 0 Å². The molecule has 0 amide bonds. The Balaban J connectivity index is 2.63. The summed E-state index contributed by atoms with van der Waals surface area (Å²) in [7, 11) is 1.42. The molecule has 10 heavy (non-hydrogen) atoms. The van der Waals surface area contributed by atoms with E-state index in [1.807, 2.05) is 6.08 Å². The molecule has 0 fully saturated rings. The maximum Gasteiger partial charge on any atom is 0.333 e. The number of carbonyl (C=O) groups excluding carboxylic acids is 1. The molecule has 2 nitrogen and oxygen atoms in total. The molecule has 0 N–H and O–H groups in total. The number of rotatable bonds is 1. The number of carbonyl (C=O) groups is 1. The van der Waals surface area contributed by atoms with Crippen LogP contribution in [0.2, 0.25) is 0 Å². The third kappa shape index (κ3) is 1.20. The van der Waals surface area contributed by atoms with E-state index < -0.39 is 0 Å². The third-order valence-electron chi connectivity index (χ3n) is 1.92. The highest BCUT2D eigenvalue weighted by atomic mass is 16.5. The van der Waals surface area contributed by atoms with Crippen LogP contribution in [0.1, 0.15) is 19.8 Å². The van der Waals surface area contributed by atoms with Gasteiger partial charge in [0.1, 0.15) is 0 Å². The molecule has 0 aromatic heterocycles. The van der Waals surface area contributed by atoms with Gasteiger partial charge in [-0.3, -0.25) is 0 Å². The zero-order valence-electron chi connectivity index (χ0n) is 6.39. The van der Waals surface area contributed by atoms with Crippen LogP contribution in [0.3, 0.4) is 0 Å². The fraction of sp³-hybridized carbons (Fsp3) is 0.625. The van der Waals surface area contributed by atoms with Crippen molar-refractivity contribution in [3.8, 4) is 0 Å². The summed E-state index contributed by atoms with van der Waals surface area (Å²) in [6.45, 7) is 2.05. The van der Waals surface area contributed by atoms with Gasteiger partial charge in [0.05, 0.1) is 7.11 Å². The molecule has 1 aliphatic carbocycles. The van der Waals surface area contributed by atoms with Crippen molar-refractivity contribution < 1.29 is 9.53 Å². The third-order valence-corrected chi connectivity index (χ3v) is 1.92. The molecule has 1 aliphatic rings. The Bertz CT molecular complexity index is 170. The quantitative estimate of drug-likeness (QED) is 0.516. The lowest BCUT2D eigenvalue weighted by atomic mass is 10.1. The van der Waals surface area contributed by atoms with Crippen molar-refractivity contribution in [1.29, 1.82) is 0 Å². The largest absolute Gasteiger partial charge is 0.466 e. The van der Waals surface area contributed by atoms with Crippen molar-refractivity contribution >= 4 is 5.97 Å². The molecule has 0 radical (unpaired) electrons. The minimum Gasteiger partial charge on any atom is -0.466 e. The van der Waals surface area contributed by atoms with E-state index >= 15 is 0 Å². The zero-order valence-corrected chi connectivity index (χ0v) is 6.39. The van der Waals surface area contributed by atoms with Crippen molar-refractivity contribution in [3.05, 3.63) is 11.6 Å². The van der Waals surface area contributed by atoms with Gasteiger partial charge in [0, 0.05) is 5.57 Å². The first-order chi connectivity index (χ1) is 4.75. The second-order valence-electron chi connectivity index (χ2n) is 2.63. The van der Waals surface area contributed by atoms with E-state index in [-0.39, 0.29) is 5.97 Å². The van der Waals surface area contributed by atoms with Crippen molar-refractivity contribution in [2.24, 2.45) is 5.92 Å². The Morgan fingerprint density at radius 3 is 2.90 bits per heavy atom. The Morgan fingerprint density at radius 2 is 2.50 bits per heavy atom. The van der Waals surface area contributed by atoms with Gasteiger partial charge in [0.25, 0.3) is 0 Å². The lowest BCUT2D eigenvalue weighted by molar-refractivity contribution is -0.136. The van der Waals surface area contributed by atoms with Gasteiger partial charge >= 0.3 is 5.97 Å². The van der Waals surface area contributed by atoms with E-state index in [0.717, 1.165) is 18.4 Å². The van der Waals surface area contributed by atoms with Crippen molar-refractivity contribution in [1.82, 2.24) is 0 Å². The lowest BCUT2D eigenvalue weighted by Gasteiger charge is -2.04. The van der Waals surface area contributed by atoms with Gasteiger partial charge in [-0.2, -0.15) is 0 Å². The normalized spacial score (nSPS) is 24.2. The molecule has 0 heterocycles. The number of hydrogen-bond donors (Lipinski definition) is 0. The fourth-order valence-electron chi connectivity index (χ4n) is 1.25. The van der Waals surface area contributed by atoms with Gasteiger partial charge < -0.3 is 4.74 Å². The van der Waals surface area contributed by atoms with Crippen LogP contribution in [0, 0.1) is 5.92 Å². The molecule has 2 heteroatoms. The first-order valence-electron chi connectivity index (χ1n) is 3.54. The highest BCUT2D eigenvalue weighted by Gasteiger charge is 2.20. The number of ether oxygens (including phenoxy) is 1. The smallest absolute Gasteiger partial charge is 0.333 e. The van der Waals surface area contributed by atoms with Crippen LogP contribution < -0.4 is 0 Å². The van der Waals surface area contributed by atoms with Crippen LogP contribution in [0.15, 0.2) is 11.6 Å². The number of allylic oxidation sites excluding steroid dienone is 1. The maximum absolute atomic E-state index is 10.9. The van der Waals surface area contributed by atoms with Crippen LogP contribution in [-0.4, -0.2) is 13.1 Å². The van der Waals surface area contributed by atoms with Gasteiger partial charge in [0.2, 0.25) is 0 Å². The minimum absolute atomic E-state index is 0.162. The standard InChI is InChI=1S/C8H12O2/c1-6-4-3-5-7(6)8(9)10-2/h5-6H,3-4H2,1-2H3/t6-/m1/s1. The zero-order chi connectivity index (χ0) is 7.56. The highest BCUT2D eigenvalue weighted by molar-refractivity contribution is 5.89. The van der Waals surface area contributed by atoms with Gasteiger partial charge in [-0.1, -0.05) is 13.0 Å². The average Bonchev–Trinajstić information content (AvgIpc) is 2.34. The summed E-state index contributed by atoms with van der Waals surface area (Å²) in [5.41, 5.74) is 0.850. The molecule has 0 saturated heterocycles. The predicted octanol–water partition coefficient (Wildman–Crippen LogP) is 1.52. The van der Waals surface area contributed by atoms with Gasteiger partial charge in [-0.05, 0) is 18.8 Å². The van der Waals surface area contributed by atoms with E-state index in [4.69, 9.17) is 0 Å². The summed E-state index contributed by atoms with van der Waals surface area (Å²) in [4.78, 5) is 10.9. The first-order valence-corrected chi connectivity index (χ1v) is 3.54. The SMILES string of the molecule is COC(=O)C1=CCC[C@H]1C. The molecule has 0 aromatic carbocycles. The minimum atomic E-state index is -0.162. The maximum atomic E-state index is 10.9. The van der Waals surface area contributed by atoms with Crippen LogP contribution in [0.4, 0.5) is 0 Å². The highest BCUT2D eigenvalue weighted by Crippen LogP contribution is 2.25. The molecule has 56 valence electrons. The second kappa shape index (κ2) is 2.86. The summed E-state index contributed by atoms with van der Waals surface area (Å²) in [5, 5.41) is 0. The Kier molecular flexibility index (Phi) is 2.10. The van der Waals surface area contributed by atoms with E-state index in [9.17, 15) is 4.79 Å². The Hall–Kier alpha value is -0.790. The average molecular weight is 140 g/mol. The number of esters is 1. The van der Waals surface area contributed by atoms with E-state index in [1.54, 1.807) is 0 Å². The molecule has 0 saturated carbocycles. The summed E-state index contributed by atoms with van der Waals surface area (Å²) < 4.78 is 4.60. The van der Waals surface area contributed by atoms with Crippen LogP contribution in [0.25, 0.3) is 0 Å². The van der Waals surface area contributed by atoms with E-state index in [1.165, 1.54) is 7.11 Å². The van der Waals surface area contributed by atoms with Crippen LogP contribution in [0.5, 0.6) is 0 Å². The first kappa shape index (κ1) is 7.32. The summed E-state index contributed by atoms with van der Waals surface area (Å²) in [5.74, 6) is 0.234. The summed E-state index contributed by atoms with van der Waals surface area (Å²) in [6.07, 6.45) is 4.08. The molecule has 1 atom stereocenters. The molecule has 1 rings (SSSR count). The summed E-state index contributed by atoms with van der Waals surface area (Å²) in [6, 6.07) is 0. The fourth-order valence-corrected chi connectivity index (χ4v) is 1.25. The molecule has 0 aliphatic heterocycles. The van der Waals surface area contributed by atoms with E-state index in [0.29, 0.717) is 5.92 Å². The second-order valence-corrected chi connectivity index (χ2v) is 2.63. The van der Waals surface area contributed by atoms with Gasteiger partial charge in [-0.15, -0.1) is 0 Å². The van der Waals surface area contributed by atoms with Gasteiger partial charge in [-0.25, -0.2) is 4.79 Å². The molecular formula is C8H12O2. The van der Waals surface area contributed by atoms with Crippen LogP contribution in [-0.2, 0) is 9.53 Å². The molecule has 0 spiro atoms. The van der Waals surface area contributed by atoms with Crippen molar-refractivity contribution in [2.45, 2.75) is 19.8 Å². The Labute approximate surface area is 60.9 Å². The molecule has 0 bridgehead atoms. The van der Waals surface area contributed by atoms with Gasteiger partial charge in [0.15, 0.2) is 0 Å². The van der Waals surface area contributed by atoms with Crippen molar-refractivity contribution in [2.75, 3.05) is 7.11 Å². The lowest BCUT2D eigenvalue weighted by Crippen LogP contribution is -2.08. The van der Waals surface area contributed by atoms with Crippen LogP contribution >= 0.6 is 0 Å².